The summed E-state index contributed by atoms with van der Waals surface area (Å²) >= 11 is 6.10. The highest BCUT2D eigenvalue weighted by atomic mass is 35.5. The summed E-state index contributed by atoms with van der Waals surface area (Å²) < 4.78 is 33.7. The molecule has 0 unspecified atom stereocenters. The second kappa shape index (κ2) is 9.67. The van der Waals surface area contributed by atoms with Crippen molar-refractivity contribution in [3.63, 3.8) is 0 Å². The molecule has 0 fully saturated rings. The van der Waals surface area contributed by atoms with Crippen LogP contribution in [0, 0.1) is 0 Å². The molecule has 0 saturated carbocycles. The molecular weight excluding hydrogens is 442 g/mol. The second-order valence-electron chi connectivity index (χ2n) is 6.82. The van der Waals surface area contributed by atoms with Crippen LogP contribution in [0.4, 0.5) is 0 Å². The molecule has 31 heavy (non-hydrogen) atoms. The van der Waals surface area contributed by atoms with Gasteiger partial charge in [0.25, 0.3) is 0 Å². The number of sulfonamides is 1. The number of aryl methyl sites for hydroxylation is 1. The summed E-state index contributed by atoms with van der Waals surface area (Å²) in [5, 5.41) is 0.0437. The molecule has 0 saturated heterocycles. The van der Waals surface area contributed by atoms with Crippen LogP contribution in [-0.4, -0.2) is 47.9 Å². The average Bonchev–Trinajstić information content (AvgIpc) is 3.07. The maximum atomic E-state index is 12.8. The highest BCUT2D eigenvalue weighted by molar-refractivity contribution is 7.89. The Morgan fingerprint density at radius 3 is 2.58 bits per heavy atom. The Morgan fingerprint density at radius 2 is 1.87 bits per heavy atom. The number of ether oxygens (including phenoxy) is 1. The Labute approximate surface area is 185 Å². The average molecular weight is 466 g/mol. The van der Waals surface area contributed by atoms with Gasteiger partial charge in [0, 0.05) is 19.6 Å². The lowest BCUT2D eigenvalue weighted by Crippen LogP contribution is -2.31. The SMILES string of the molecule is CCN(CC)S(=O)(=O)c1cc(C(=O)OCCCn2c(=O)[nH]c3ccccc32)ccc1Cl. The zero-order valence-corrected chi connectivity index (χ0v) is 18.9. The number of halogens is 1. The molecule has 0 aliphatic carbocycles. The van der Waals surface area contributed by atoms with Crippen LogP contribution in [0.5, 0.6) is 0 Å². The number of carbonyl (C=O) groups is 1. The van der Waals surface area contributed by atoms with E-state index in [1.165, 1.54) is 22.5 Å². The van der Waals surface area contributed by atoms with Gasteiger partial charge in [0.05, 0.1) is 28.2 Å². The zero-order valence-electron chi connectivity index (χ0n) is 17.3. The normalized spacial score (nSPS) is 11.9. The standard InChI is InChI=1S/C21H24ClN3O5S/c1-3-24(4-2)31(28,29)19-14-15(10-11-16(19)22)20(26)30-13-7-12-25-18-9-6-5-8-17(18)23-21(25)27/h5-6,8-11,14H,3-4,7,12-13H2,1-2H3,(H,23,27). The summed E-state index contributed by atoms with van der Waals surface area (Å²) in [6, 6.07) is 11.4. The summed E-state index contributed by atoms with van der Waals surface area (Å²) in [6.45, 7) is 4.48. The molecule has 0 amide bonds. The van der Waals surface area contributed by atoms with Gasteiger partial charge >= 0.3 is 11.7 Å². The van der Waals surface area contributed by atoms with Crippen molar-refractivity contribution in [1.29, 1.82) is 0 Å². The molecule has 0 atom stereocenters. The van der Waals surface area contributed by atoms with Crippen molar-refractivity contribution >= 4 is 38.6 Å². The Kier molecular flexibility index (Phi) is 7.19. The Bertz CT molecular complexity index is 1250. The van der Waals surface area contributed by atoms with E-state index in [1.54, 1.807) is 18.4 Å². The number of carbonyl (C=O) groups excluding carboxylic acids is 1. The topological polar surface area (TPSA) is 101 Å². The molecule has 3 aromatic rings. The predicted octanol–water partition coefficient (Wildman–Crippen LogP) is 3.26. The molecule has 10 heteroatoms. The number of H-pyrrole nitrogens is 1. The van der Waals surface area contributed by atoms with Crippen LogP contribution in [-0.2, 0) is 21.3 Å². The van der Waals surface area contributed by atoms with Crippen LogP contribution < -0.4 is 5.69 Å². The molecule has 166 valence electrons. The van der Waals surface area contributed by atoms with Gasteiger partial charge in [-0.2, -0.15) is 4.31 Å². The lowest BCUT2D eigenvalue weighted by Gasteiger charge is -2.19. The largest absolute Gasteiger partial charge is 0.462 e. The van der Waals surface area contributed by atoms with Crippen molar-refractivity contribution in [2.45, 2.75) is 31.7 Å². The minimum Gasteiger partial charge on any atom is -0.462 e. The lowest BCUT2D eigenvalue weighted by molar-refractivity contribution is 0.0496. The van der Waals surface area contributed by atoms with Gasteiger partial charge in [-0.15, -0.1) is 0 Å². The van der Waals surface area contributed by atoms with Crippen molar-refractivity contribution in [2.75, 3.05) is 19.7 Å². The van der Waals surface area contributed by atoms with Crippen LogP contribution in [0.2, 0.25) is 5.02 Å². The maximum Gasteiger partial charge on any atom is 0.338 e. The van der Waals surface area contributed by atoms with Crippen molar-refractivity contribution in [3.05, 3.63) is 63.5 Å². The van der Waals surface area contributed by atoms with Crippen LogP contribution in [0.1, 0.15) is 30.6 Å². The molecule has 2 aromatic carbocycles. The molecule has 0 aliphatic heterocycles. The first kappa shape index (κ1) is 23.1. The lowest BCUT2D eigenvalue weighted by atomic mass is 10.2. The molecule has 8 nitrogen and oxygen atoms in total. The summed E-state index contributed by atoms with van der Waals surface area (Å²) in [4.78, 5) is 27.2. The van der Waals surface area contributed by atoms with E-state index in [1.807, 2.05) is 24.3 Å². The number of benzene rings is 2. The molecule has 0 aliphatic rings. The number of aromatic amines is 1. The number of aromatic nitrogens is 2. The third kappa shape index (κ3) is 4.84. The fourth-order valence-electron chi connectivity index (χ4n) is 3.33. The first-order valence-electron chi connectivity index (χ1n) is 9.94. The zero-order chi connectivity index (χ0) is 22.6. The molecular formula is C21H24ClN3O5S. The number of imidazole rings is 1. The highest BCUT2D eigenvalue weighted by Gasteiger charge is 2.25. The summed E-state index contributed by atoms with van der Waals surface area (Å²) in [5.74, 6) is -0.654. The summed E-state index contributed by atoms with van der Waals surface area (Å²) in [7, 11) is -3.82. The van der Waals surface area contributed by atoms with E-state index in [9.17, 15) is 18.0 Å². The number of nitrogens with one attached hydrogen (secondary N) is 1. The number of hydrogen-bond acceptors (Lipinski definition) is 5. The van der Waals surface area contributed by atoms with Crippen LogP contribution >= 0.6 is 11.6 Å². The first-order chi connectivity index (χ1) is 14.8. The fraction of sp³-hybridized carbons (Fsp3) is 0.333. The van der Waals surface area contributed by atoms with Crippen molar-refractivity contribution in [3.8, 4) is 0 Å². The maximum absolute atomic E-state index is 12.8. The second-order valence-corrected chi connectivity index (χ2v) is 9.14. The molecule has 0 bridgehead atoms. The van der Waals surface area contributed by atoms with E-state index in [2.05, 4.69) is 4.98 Å². The van der Waals surface area contributed by atoms with Gasteiger partial charge in [-0.1, -0.05) is 37.6 Å². The van der Waals surface area contributed by atoms with E-state index in [-0.39, 0.29) is 40.9 Å². The fourth-order valence-corrected chi connectivity index (χ4v) is 5.29. The summed E-state index contributed by atoms with van der Waals surface area (Å²) in [6.07, 6.45) is 0.422. The van der Waals surface area contributed by atoms with Gasteiger partial charge in [-0.3, -0.25) is 4.57 Å². The number of fused-ring (bicyclic) bond motifs is 1. The van der Waals surface area contributed by atoms with Crippen LogP contribution in [0.15, 0.2) is 52.2 Å². The number of nitrogens with zero attached hydrogens (tertiary/aromatic N) is 2. The third-order valence-electron chi connectivity index (χ3n) is 4.93. The quantitative estimate of drug-likeness (QED) is 0.386. The number of esters is 1. The van der Waals surface area contributed by atoms with E-state index >= 15 is 0 Å². The third-order valence-corrected chi connectivity index (χ3v) is 7.46. The van der Waals surface area contributed by atoms with Gasteiger partial charge in [0.15, 0.2) is 0 Å². The van der Waals surface area contributed by atoms with Crippen molar-refractivity contribution in [2.24, 2.45) is 0 Å². The number of hydrogen-bond donors (Lipinski definition) is 1. The first-order valence-corrected chi connectivity index (χ1v) is 11.8. The highest BCUT2D eigenvalue weighted by Crippen LogP contribution is 2.26. The van der Waals surface area contributed by atoms with Crippen molar-refractivity contribution in [1.82, 2.24) is 13.9 Å². The molecule has 3 rings (SSSR count). The minimum atomic E-state index is -3.82. The van der Waals surface area contributed by atoms with Gasteiger partial charge < -0.3 is 9.72 Å². The number of rotatable bonds is 9. The van der Waals surface area contributed by atoms with Gasteiger partial charge in [-0.05, 0) is 36.8 Å². The molecule has 1 aromatic heterocycles. The Morgan fingerprint density at radius 1 is 1.16 bits per heavy atom. The van der Waals surface area contributed by atoms with Crippen LogP contribution in [0.25, 0.3) is 11.0 Å². The summed E-state index contributed by atoms with van der Waals surface area (Å²) in [5.41, 5.74) is 1.39. The Balaban J connectivity index is 1.67. The van der Waals surface area contributed by atoms with Crippen molar-refractivity contribution < 1.29 is 17.9 Å². The van der Waals surface area contributed by atoms with Gasteiger partial charge in [0.1, 0.15) is 4.90 Å². The molecule has 0 radical (unpaired) electrons. The molecule has 1 heterocycles. The van der Waals surface area contributed by atoms with E-state index in [4.69, 9.17) is 16.3 Å². The van der Waals surface area contributed by atoms with Gasteiger partial charge in [0.2, 0.25) is 10.0 Å². The molecule has 1 N–H and O–H groups in total. The predicted molar refractivity (Wildman–Crippen MR) is 119 cm³/mol. The van der Waals surface area contributed by atoms with Crippen LogP contribution in [0.3, 0.4) is 0 Å². The van der Waals surface area contributed by atoms with E-state index < -0.39 is 16.0 Å². The number of para-hydroxylation sites is 2. The van der Waals surface area contributed by atoms with E-state index in [0.29, 0.717) is 13.0 Å². The minimum absolute atomic E-state index is 0.0437. The van der Waals surface area contributed by atoms with E-state index in [0.717, 1.165) is 11.0 Å². The molecule has 0 spiro atoms. The smallest absolute Gasteiger partial charge is 0.338 e. The monoisotopic (exact) mass is 465 g/mol. The Hall–Kier alpha value is -2.62. The van der Waals surface area contributed by atoms with Gasteiger partial charge in [-0.25, -0.2) is 18.0 Å².